The summed E-state index contributed by atoms with van der Waals surface area (Å²) in [6.45, 7) is 9.06. The van der Waals surface area contributed by atoms with Crippen molar-refractivity contribution in [3.05, 3.63) is 11.4 Å². The minimum atomic E-state index is -0.187. The zero-order valence-corrected chi connectivity index (χ0v) is 8.21. The van der Waals surface area contributed by atoms with E-state index >= 15 is 0 Å². The molecule has 4 nitrogen and oxygen atoms in total. The average molecular weight is 195 g/mol. The second-order valence-electron chi connectivity index (χ2n) is 3.31. The molecule has 1 aliphatic carbocycles. The van der Waals surface area contributed by atoms with Gasteiger partial charge in [-0.05, 0) is 0 Å². The maximum Gasteiger partial charge on any atom is 0.373 e. The van der Waals surface area contributed by atoms with Crippen molar-refractivity contribution < 1.29 is 14.4 Å². The number of Topliss-reactive ketones (excluding diaryl/α,β-unsaturated/α-hetero) is 1. The van der Waals surface area contributed by atoms with Gasteiger partial charge in [0.2, 0.25) is 5.54 Å². The molecule has 4 heteroatoms. The van der Waals surface area contributed by atoms with Gasteiger partial charge in [0.05, 0.1) is 0 Å². The molecule has 0 aromatic heterocycles. The first-order valence-corrected chi connectivity index (χ1v) is 4.53. The summed E-state index contributed by atoms with van der Waals surface area (Å²) < 4.78 is 0. The first kappa shape index (κ1) is 12.5. The monoisotopic (exact) mass is 195 g/mol. The standard InChI is InChI=1S/C9H13NO.CO2/c1-3-9(10-2)6-4-8(11)5-7-9;2-1-3/h3-7H2,1H3;. The summed E-state index contributed by atoms with van der Waals surface area (Å²) in [4.78, 5) is 30.8. The second-order valence-corrected chi connectivity index (χ2v) is 3.31. The topological polar surface area (TPSA) is 55.6 Å². The molecule has 76 valence electrons. The van der Waals surface area contributed by atoms with Gasteiger partial charge in [-0.2, -0.15) is 9.59 Å². The van der Waals surface area contributed by atoms with Crippen LogP contribution in [0, 0.1) is 6.57 Å². The van der Waals surface area contributed by atoms with E-state index in [1.165, 1.54) is 0 Å². The lowest BCUT2D eigenvalue weighted by Crippen LogP contribution is -2.29. The van der Waals surface area contributed by atoms with Gasteiger partial charge in [-0.15, -0.1) is 0 Å². The van der Waals surface area contributed by atoms with Gasteiger partial charge < -0.3 is 4.85 Å². The van der Waals surface area contributed by atoms with E-state index in [4.69, 9.17) is 16.2 Å². The maximum atomic E-state index is 10.9. The highest BCUT2D eigenvalue weighted by molar-refractivity contribution is 5.79. The number of rotatable bonds is 1. The predicted octanol–water partition coefficient (Wildman–Crippen LogP) is 1.61. The van der Waals surface area contributed by atoms with Crippen molar-refractivity contribution in [1.29, 1.82) is 0 Å². The Balaban J connectivity index is 0.000000500. The molecule has 0 aromatic rings. The molecule has 0 saturated heterocycles. The number of nitrogens with zero attached hydrogens (tertiary/aromatic N) is 1. The molecule has 14 heavy (non-hydrogen) atoms. The first-order valence-electron chi connectivity index (χ1n) is 4.53. The van der Waals surface area contributed by atoms with Crippen molar-refractivity contribution in [1.82, 2.24) is 0 Å². The summed E-state index contributed by atoms with van der Waals surface area (Å²) in [5.41, 5.74) is -0.187. The Morgan fingerprint density at radius 2 is 1.86 bits per heavy atom. The Hall–Kier alpha value is -1.46. The van der Waals surface area contributed by atoms with E-state index in [-0.39, 0.29) is 11.7 Å². The number of hydrogen-bond acceptors (Lipinski definition) is 3. The fourth-order valence-corrected chi connectivity index (χ4v) is 1.54. The highest BCUT2D eigenvalue weighted by Crippen LogP contribution is 2.32. The molecule has 0 N–H and O–H groups in total. The molecule has 0 radical (unpaired) electrons. The van der Waals surface area contributed by atoms with Gasteiger partial charge >= 0.3 is 6.15 Å². The summed E-state index contributed by atoms with van der Waals surface area (Å²) in [6.07, 6.45) is 3.95. The molecule has 0 heterocycles. The quantitative estimate of drug-likeness (QED) is 0.597. The molecule has 0 unspecified atom stereocenters. The molecule has 0 atom stereocenters. The normalized spacial score (nSPS) is 18.4. The molecular formula is C10H13NO3. The third-order valence-corrected chi connectivity index (χ3v) is 2.63. The fraction of sp³-hybridized carbons (Fsp3) is 0.700. The Morgan fingerprint density at radius 3 is 2.14 bits per heavy atom. The second kappa shape index (κ2) is 6.06. The van der Waals surface area contributed by atoms with Crippen LogP contribution in [0.1, 0.15) is 39.0 Å². The summed E-state index contributed by atoms with van der Waals surface area (Å²) in [5.74, 6) is 0.331. The van der Waals surface area contributed by atoms with Crippen LogP contribution in [-0.2, 0) is 14.4 Å². The molecule has 0 aromatic carbocycles. The lowest BCUT2D eigenvalue weighted by molar-refractivity contribution is -0.191. The Labute approximate surface area is 83.1 Å². The van der Waals surface area contributed by atoms with Crippen molar-refractivity contribution in [3.8, 4) is 0 Å². The minimum absolute atomic E-state index is 0.187. The smallest absolute Gasteiger partial charge is 0.310 e. The molecule has 0 bridgehead atoms. The zero-order valence-electron chi connectivity index (χ0n) is 8.21. The van der Waals surface area contributed by atoms with E-state index in [0.29, 0.717) is 18.6 Å². The molecule has 0 amide bonds. The number of hydrogen-bond donors (Lipinski definition) is 0. The van der Waals surface area contributed by atoms with Crippen LogP contribution in [0.15, 0.2) is 0 Å². The van der Waals surface area contributed by atoms with Gasteiger partial charge in [0.15, 0.2) is 0 Å². The van der Waals surface area contributed by atoms with Crippen molar-refractivity contribution >= 4 is 11.9 Å². The van der Waals surface area contributed by atoms with Crippen molar-refractivity contribution in [2.75, 3.05) is 0 Å². The van der Waals surface area contributed by atoms with E-state index in [0.717, 1.165) is 19.3 Å². The zero-order chi connectivity index (χ0) is 11.0. The van der Waals surface area contributed by atoms with Gasteiger partial charge in [-0.3, -0.25) is 4.79 Å². The Bertz CT molecular complexity index is 262. The third kappa shape index (κ3) is 3.51. The van der Waals surface area contributed by atoms with E-state index in [1.54, 1.807) is 0 Å². The van der Waals surface area contributed by atoms with Gasteiger partial charge in [-0.25, -0.2) is 6.57 Å². The Kier molecular flexibility index (Phi) is 5.43. The molecular weight excluding hydrogens is 182 g/mol. The maximum absolute atomic E-state index is 10.9. The van der Waals surface area contributed by atoms with Crippen molar-refractivity contribution in [2.45, 2.75) is 44.6 Å². The fourth-order valence-electron chi connectivity index (χ4n) is 1.54. The van der Waals surface area contributed by atoms with Crippen LogP contribution in [0.2, 0.25) is 0 Å². The van der Waals surface area contributed by atoms with Crippen LogP contribution in [0.25, 0.3) is 4.85 Å². The summed E-state index contributed by atoms with van der Waals surface area (Å²) >= 11 is 0. The summed E-state index contributed by atoms with van der Waals surface area (Å²) in [7, 11) is 0. The number of ketones is 1. The number of carbonyl (C=O) groups excluding carboxylic acids is 3. The minimum Gasteiger partial charge on any atom is -0.310 e. The van der Waals surface area contributed by atoms with E-state index in [1.807, 2.05) is 6.92 Å². The molecule has 0 aliphatic heterocycles. The van der Waals surface area contributed by atoms with Crippen LogP contribution in [0.4, 0.5) is 0 Å². The summed E-state index contributed by atoms with van der Waals surface area (Å²) in [6, 6.07) is 0. The van der Waals surface area contributed by atoms with Crippen LogP contribution in [-0.4, -0.2) is 17.5 Å². The third-order valence-electron chi connectivity index (χ3n) is 2.63. The van der Waals surface area contributed by atoms with Gasteiger partial charge in [-0.1, -0.05) is 6.92 Å². The molecule has 1 aliphatic rings. The van der Waals surface area contributed by atoms with Gasteiger partial charge in [0.25, 0.3) is 0 Å². The molecule has 1 fully saturated rings. The number of carbonyl (C=O) groups is 1. The van der Waals surface area contributed by atoms with Crippen LogP contribution < -0.4 is 0 Å². The van der Waals surface area contributed by atoms with Crippen LogP contribution in [0.5, 0.6) is 0 Å². The lowest BCUT2D eigenvalue weighted by atomic mass is 9.80. The van der Waals surface area contributed by atoms with Crippen LogP contribution in [0.3, 0.4) is 0 Å². The largest absolute Gasteiger partial charge is 0.373 e. The SMILES string of the molecule is O=C=O.[C-]#[N+]C1(CC)CCC(=O)CC1. The lowest BCUT2D eigenvalue weighted by Gasteiger charge is -2.23. The highest BCUT2D eigenvalue weighted by Gasteiger charge is 2.38. The molecule has 1 saturated carbocycles. The Morgan fingerprint density at radius 1 is 1.43 bits per heavy atom. The van der Waals surface area contributed by atoms with Gasteiger partial charge in [0.1, 0.15) is 5.78 Å². The molecule has 0 spiro atoms. The van der Waals surface area contributed by atoms with E-state index in [2.05, 4.69) is 4.85 Å². The first-order chi connectivity index (χ1) is 6.64. The van der Waals surface area contributed by atoms with E-state index in [9.17, 15) is 4.79 Å². The van der Waals surface area contributed by atoms with Crippen molar-refractivity contribution in [2.24, 2.45) is 0 Å². The predicted molar refractivity (Wildman–Crippen MR) is 48.1 cm³/mol. The van der Waals surface area contributed by atoms with E-state index < -0.39 is 0 Å². The van der Waals surface area contributed by atoms with Crippen LogP contribution >= 0.6 is 0 Å². The van der Waals surface area contributed by atoms with Crippen molar-refractivity contribution in [3.63, 3.8) is 0 Å². The van der Waals surface area contributed by atoms with Gasteiger partial charge in [0, 0.05) is 32.1 Å². The highest BCUT2D eigenvalue weighted by atomic mass is 16.2. The summed E-state index contributed by atoms with van der Waals surface area (Å²) in [5, 5.41) is 0. The average Bonchev–Trinajstić information content (AvgIpc) is 2.21. The molecule has 1 rings (SSSR count).